The van der Waals surface area contributed by atoms with E-state index in [1.165, 1.54) is 22.7 Å². The molecule has 2 rings (SSSR count). The number of hydrogen-bond acceptors (Lipinski definition) is 6. The lowest BCUT2D eigenvalue weighted by atomic mass is 10.3. The van der Waals surface area contributed by atoms with Gasteiger partial charge in [0, 0.05) is 37.1 Å². The van der Waals surface area contributed by atoms with Crippen LogP contribution < -0.4 is 10.0 Å². The van der Waals surface area contributed by atoms with Crippen molar-refractivity contribution in [2.75, 3.05) is 6.54 Å². The van der Waals surface area contributed by atoms with Crippen LogP contribution in [0.1, 0.15) is 24.4 Å². The molecule has 0 aliphatic rings. The summed E-state index contributed by atoms with van der Waals surface area (Å²) in [4.78, 5) is 4.13. The van der Waals surface area contributed by atoms with E-state index < -0.39 is 10.0 Å². The summed E-state index contributed by atoms with van der Waals surface area (Å²) < 4.78 is 27.3. The first-order chi connectivity index (χ1) is 9.97. The van der Waals surface area contributed by atoms with Gasteiger partial charge in [-0.15, -0.1) is 22.7 Å². The van der Waals surface area contributed by atoms with Crippen molar-refractivity contribution in [1.29, 1.82) is 0 Å². The maximum Gasteiger partial charge on any atom is 0.250 e. The second-order valence-electron chi connectivity index (χ2n) is 4.88. The van der Waals surface area contributed by atoms with Gasteiger partial charge in [-0.2, -0.15) is 0 Å². The smallest absolute Gasteiger partial charge is 0.250 e. The highest BCUT2D eigenvalue weighted by molar-refractivity contribution is 7.91. The monoisotopic (exact) mass is 345 g/mol. The normalized spacial score (nSPS) is 12.1. The maximum atomic E-state index is 12.2. The van der Waals surface area contributed by atoms with Gasteiger partial charge in [-0.3, -0.25) is 0 Å². The first-order valence-corrected chi connectivity index (χ1v) is 9.90. The molecule has 0 atom stereocenters. The third-order valence-corrected chi connectivity index (χ3v) is 6.51. The largest absolute Gasteiger partial charge is 0.310 e. The molecule has 8 heteroatoms. The van der Waals surface area contributed by atoms with Crippen LogP contribution in [-0.4, -0.2) is 26.0 Å². The van der Waals surface area contributed by atoms with Gasteiger partial charge in [-0.25, -0.2) is 18.1 Å². The third kappa shape index (κ3) is 5.15. The van der Waals surface area contributed by atoms with Crippen molar-refractivity contribution >= 4 is 32.7 Å². The molecule has 0 radical (unpaired) electrons. The van der Waals surface area contributed by atoms with Gasteiger partial charge in [0.15, 0.2) is 0 Å². The predicted molar refractivity (Wildman–Crippen MR) is 87.3 cm³/mol. The van der Waals surface area contributed by atoms with E-state index in [9.17, 15) is 8.42 Å². The lowest BCUT2D eigenvalue weighted by Crippen LogP contribution is -2.25. The maximum absolute atomic E-state index is 12.2. The topological polar surface area (TPSA) is 71.1 Å². The van der Waals surface area contributed by atoms with Crippen LogP contribution in [0, 0.1) is 0 Å². The Kier molecular flexibility index (Phi) is 5.88. The molecular formula is C13H19N3O2S3. The second-order valence-corrected chi connectivity index (χ2v) is 8.77. The number of rotatable bonds is 8. The molecule has 5 nitrogen and oxygen atoms in total. The minimum atomic E-state index is -3.41. The number of nitrogens with zero attached hydrogens (tertiary/aromatic N) is 1. The van der Waals surface area contributed by atoms with Gasteiger partial charge >= 0.3 is 0 Å². The van der Waals surface area contributed by atoms with Crippen LogP contribution in [0.25, 0.3) is 0 Å². The summed E-state index contributed by atoms with van der Waals surface area (Å²) in [6, 6.07) is 2.10. The second kappa shape index (κ2) is 7.46. The summed E-state index contributed by atoms with van der Waals surface area (Å²) in [7, 11) is -3.41. The zero-order valence-electron chi connectivity index (χ0n) is 12.0. The molecule has 116 valence electrons. The van der Waals surface area contributed by atoms with Gasteiger partial charge in [0.2, 0.25) is 10.0 Å². The fourth-order valence-corrected chi connectivity index (χ4v) is 4.55. The lowest BCUT2D eigenvalue weighted by Gasteiger charge is -2.05. The van der Waals surface area contributed by atoms with Crippen LogP contribution in [-0.2, 0) is 23.0 Å². The number of thiazole rings is 1. The summed E-state index contributed by atoms with van der Waals surface area (Å²) in [6.07, 6.45) is 2.34. The van der Waals surface area contributed by atoms with E-state index in [0.29, 0.717) is 29.8 Å². The fourth-order valence-electron chi connectivity index (χ4n) is 1.65. The summed E-state index contributed by atoms with van der Waals surface area (Å²) in [5.74, 6) is 0. The molecule has 21 heavy (non-hydrogen) atoms. The number of sulfonamides is 1. The van der Waals surface area contributed by atoms with Crippen molar-refractivity contribution in [3.05, 3.63) is 33.6 Å². The molecule has 2 aromatic rings. The molecule has 0 aliphatic carbocycles. The lowest BCUT2D eigenvalue weighted by molar-refractivity contribution is 0.582. The van der Waals surface area contributed by atoms with Crippen LogP contribution in [0.2, 0.25) is 0 Å². The molecule has 0 saturated carbocycles. The number of thiophene rings is 1. The molecule has 0 aliphatic heterocycles. The summed E-state index contributed by atoms with van der Waals surface area (Å²) in [5, 5.41) is 7.97. The molecular weight excluding hydrogens is 326 g/mol. The molecule has 2 heterocycles. The average molecular weight is 346 g/mol. The Morgan fingerprint density at radius 1 is 1.33 bits per heavy atom. The Balaban J connectivity index is 1.89. The Labute approximate surface area is 133 Å². The Bertz CT molecular complexity index is 648. The van der Waals surface area contributed by atoms with Crippen molar-refractivity contribution in [3.8, 4) is 0 Å². The number of aromatic nitrogens is 1. The quantitative estimate of drug-likeness (QED) is 0.770. The van der Waals surface area contributed by atoms with Crippen molar-refractivity contribution in [1.82, 2.24) is 15.0 Å². The molecule has 0 unspecified atom stereocenters. The zero-order valence-corrected chi connectivity index (χ0v) is 14.4. The van der Waals surface area contributed by atoms with E-state index in [2.05, 4.69) is 28.9 Å². The number of hydrogen-bond donors (Lipinski definition) is 2. The van der Waals surface area contributed by atoms with E-state index in [4.69, 9.17) is 0 Å². The van der Waals surface area contributed by atoms with Crippen molar-refractivity contribution in [3.63, 3.8) is 0 Å². The van der Waals surface area contributed by atoms with Gasteiger partial charge in [0.25, 0.3) is 0 Å². The van der Waals surface area contributed by atoms with Gasteiger partial charge in [-0.05, 0) is 17.0 Å². The summed E-state index contributed by atoms with van der Waals surface area (Å²) in [5.41, 5.74) is 0.994. The van der Waals surface area contributed by atoms with Crippen LogP contribution >= 0.6 is 22.7 Å². The average Bonchev–Trinajstić information content (AvgIpc) is 3.07. The standard InChI is InChI=1S/C13H19N3O2S3/c1-10(2)15-8-11-7-13(20-9-11)21(17,18)16-4-3-12-14-5-6-19-12/h5-7,9-10,15-16H,3-4,8H2,1-2H3. The van der Waals surface area contributed by atoms with Crippen LogP contribution in [0.4, 0.5) is 0 Å². The van der Waals surface area contributed by atoms with Crippen LogP contribution in [0.3, 0.4) is 0 Å². The van der Waals surface area contributed by atoms with E-state index in [1.807, 2.05) is 10.8 Å². The molecule has 0 spiro atoms. The summed E-state index contributed by atoms with van der Waals surface area (Å²) >= 11 is 2.78. The van der Waals surface area contributed by atoms with Gasteiger partial charge in [0.05, 0.1) is 5.01 Å². The van der Waals surface area contributed by atoms with Gasteiger partial charge in [0.1, 0.15) is 4.21 Å². The number of nitrogens with one attached hydrogen (secondary N) is 2. The van der Waals surface area contributed by atoms with Crippen LogP contribution in [0.5, 0.6) is 0 Å². The first-order valence-electron chi connectivity index (χ1n) is 6.66. The van der Waals surface area contributed by atoms with Crippen molar-refractivity contribution in [2.24, 2.45) is 0 Å². The third-order valence-electron chi connectivity index (χ3n) is 2.72. The van der Waals surface area contributed by atoms with E-state index in [1.54, 1.807) is 12.3 Å². The van der Waals surface area contributed by atoms with E-state index in [0.717, 1.165) is 10.6 Å². The highest BCUT2D eigenvalue weighted by atomic mass is 32.2. The van der Waals surface area contributed by atoms with Crippen LogP contribution in [0.15, 0.2) is 27.2 Å². The van der Waals surface area contributed by atoms with Gasteiger partial charge < -0.3 is 5.32 Å². The molecule has 2 aromatic heterocycles. The molecule has 2 N–H and O–H groups in total. The highest BCUT2D eigenvalue weighted by Gasteiger charge is 2.16. The predicted octanol–water partition coefficient (Wildman–Crippen LogP) is 2.22. The Morgan fingerprint density at radius 3 is 2.81 bits per heavy atom. The Hall–Kier alpha value is -0.800. The molecule has 0 bridgehead atoms. The van der Waals surface area contributed by atoms with E-state index in [-0.39, 0.29) is 0 Å². The SMILES string of the molecule is CC(C)NCc1csc(S(=O)(=O)NCCc2nccs2)c1. The van der Waals surface area contributed by atoms with E-state index >= 15 is 0 Å². The molecule has 0 saturated heterocycles. The van der Waals surface area contributed by atoms with Crippen molar-refractivity contribution in [2.45, 2.75) is 37.1 Å². The Morgan fingerprint density at radius 2 is 2.14 bits per heavy atom. The minimum absolute atomic E-state index is 0.363. The molecule has 0 amide bonds. The van der Waals surface area contributed by atoms with Crippen molar-refractivity contribution < 1.29 is 8.42 Å². The first kappa shape index (κ1) is 16.6. The van der Waals surface area contributed by atoms with Gasteiger partial charge in [-0.1, -0.05) is 13.8 Å². The zero-order chi connectivity index (χ0) is 15.3. The molecule has 0 fully saturated rings. The minimum Gasteiger partial charge on any atom is -0.310 e. The molecule has 0 aromatic carbocycles. The fraction of sp³-hybridized carbons (Fsp3) is 0.462. The highest BCUT2D eigenvalue weighted by Crippen LogP contribution is 2.20. The summed E-state index contributed by atoms with van der Waals surface area (Å²) in [6.45, 7) is 5.17.